The van der Waals surface area contributed by atoms with Crippen LogP contribution in [0.25, 0.3) is 0 Å². The van der Waals surface area contributed by atoms with E-state index in [4.69, 9.17) is 0 Å². The van der Waals surface area contributed by atoms with Crippen molar-refractivity contribution in [1.82, 2.24) is 26.2 Å². The molecule has 0 aromatic carbocycles. The van der Waals surface area contributed by atoms with Gasteiger partial charge in [0.05, 0.1) is 6.04 Å². The second-order valence-corrected chi connectivity index (χ2v) is 13.2. The topological polar surface area (TPSA) is 174 Å². The fraction of sp³-hybridized carbons (Fsp3) is 0.742. The number of amides is 5. The zero-order valence-electron chi connectivity index (χ0n) is 26.5. The molecule has 43 heavy (non-hydrogen) atoms. The highest BCUT2D eigenvalue weighted by atomic mass is 16.4. The van der Waals surface area contributed by atoms with Crippen molar-refractivity contribution in [2.24, 2.45) is 23.2 Å². The summed E-state index contributed by atoms with van der Waals surface area (Å²) in [5, 5.41) is 20.2. The van der Waals surface area contributed by atoms with Crippen molar-refractivity contribution >= 4 is 35.5 Å². The predicted octanol–water partition coefficient (Wildman–Crippen LogP) is 2.37. The van der Waals surface area contributed by atoms with Crippen LogP contribution in [0, 0.1) is 23.2 Å². The molecule has 5 atom stereocenters. The fourth-order valence-electron chi connectivity index (χ4n) is 6.12. The van der Waals surface area contributed by atoms with Crippen molar-refractivity contribution in [3.63, 3.8) is 0 Å². The van der Waals surface area contributed by atoms with Gasteiger partial charge >= 0.3 is 12.0 Å². The monoisotopic (exact) mass is 605 g/mol. The van der Waals surface area contributed by atoms with Gasteiger partial charge in [0.1, 0.15) is 18.1 Å². The Kier molecular flexibility index (Phi) is 13.2. The summed E-state index contributed by atoms with van der Waals surface area (Å²) in [6, 6.07) is -4.86. The molecule has 0 spiro atoms. The molecule has 2 aliphatic rings. The van der Waals surface area contributed by atoms with E-state index in [0.29, 0.717) is 25.7 Å². The van der Waals surface area contributed by atoms with Gasteiger partial charge in [0.2, 0.25) is 17.6 Å². The molecule has 1 heterocycles. The number of aliphatic carboxylic acids is 1. The van der Waals surface area contributed by atoms with Crippen LogP contribution in [0.1, 0.15) is 86.5 Å². The largest absolute Gasteiger partial charge is 0.480 e. The van der Waals surface area contributed by atoms with Crippen LogP contribution in [0.15, 0.2) is 12.7 Å². The lowest BCUT2D eigenvalue weighted by Gasteiger charge is -2.37. The Hall–Kier alpha value is -3.44. The maximum Gasteiger partial charge on any atom is 0.326 e. The predicted molar refractivity (Wildman–Crippen MR) is 162 cm³/mol. The molecule has 12 nitrogen and oxygen atoms in total. The number of rotatable bonds is 14. The number of nitrogens with one attached hydrogen (secondary N) is 4. The molecule has 1 unspecified atom stereocenters. The fourth-order valence-corrected chi connectivity index (χ4v) is 6.12. The summed E-state index contributed by atoms with van der Waals surface area (Å²) >= 11 is 0. The molecule has 0 radical (unpaired) electrons. The van der Waals surface area contributed by atoms with Gasteiger partial charge in [-0.05, 0) is 48.9 Å². The molecule has 0 aromatic heterocycles. The van der Waals surface area contributed by atoms with Gasteiger partial charge in [-0.2, -0.15) is 0 Å². The normalized spacial score (nSPS) is 21.0. The SMILES string of the molecule is C=CCNC(=O)C(=O)C(CCC)NC(=O)[C@@H]1[C@@H](C(C)C)CCN1C(=O)[C@@H](NC(=O)N[C@H](C(=O)O)C1CCCC1)C(C)(C)C. The van der Waals surface area contributed by atoms with E-state index in [0.717, 1.165) is 12.8 Å². The summed E-state index contributed by atoms with van der Waals surface area (Å²) in [6.45, 7) is 15.0. The van der Waals surface area contributed by atoms with E-state index in [1.54, 1.807) is 20.8 Å². The summed E-state index contributed by atoms with van der Waals surface area (Å²) < 4.78 is 0. The van der Waals surface area contributed by atoms with Crippen LogP contribution < -0.4 is 21.3 Å². The quantitative estimate of drug-likeness (QED) is 0.149. The molecule has 2 fully saturated rings. The van der Waals surface area contributed by atoms with E-state index < -0.39 is 65.1 Å². The van der Waals surface area contributed by atoms with E-state index in [1.165, 1.54) is 11.0 Å². The van der Waals surface area contributed by atoms with Gasteiger partial charge in [0.25, 0.3) is 5.91 Å². The number of carbonyl (C=O) groups excluding carboxylic acids is 5. The Morgan fingerprint density at radius 3 is 2.14 bits per heavy atom. The number of carboxylic acid groups (broad SMARTS) is 1. The maximum absolute atomic E-state index is 14.1. The van der Waals surface area contributed by atoms with Gasteiger partial charge in [-0.3, -0.25) is 19.2 Å². The molecule has 5 N–H and O–H groups in total. The lowest BCUT2D eigenvalue weighted by molar-refractivity contribution is -0.144. The van der Waals surface area contributed by atoms with Crippen LogP contribution in [-0.2, 0) is 24.0 Å². The number of hydrogen-bond acceptors (Lipinski definition) is 6. The highest BCUT2D eigenvalue weighted by Gasteiger charge is 2.48. The Balaban J connectivity index is 2.29. The molecule has 1 saturated heterocycles. The van der Waals surface area contributed by atoms with Crippen molar-refractivity contribution in [3.8, 4) is 0 Å². The number of nitrogens with zero attached hydrogens (tertiary/aromatic N) is 1. The minimum Gasteiger partial charge on any atom is -0.480 e. The average Bonchev–Trinajstić information content (AvgIpc) is 3.62. The Morgan fingerprint density at radius 2 is 1.63 bits per heavy atom. The zero-order valence-corrected chi connectivity index (χ0v) is 26.5. The van der Waals surface area contributed by atoms with E-state index in [1.807, 2.05) is 20.8 Å². The number of carbonyl (C=O) groups is 6. The van der Waals surface area contributed by atoms with Crippen LogP contribution in [-0.4, -0.2) is 82.8 Å². The Bertz CT molecular complexity index is 1050. The number of carboxylic acids is 1. The lowest BCUT2D eigenvalue weighted by atomic mass is 9.84. The number of hydrogen-bond donors (Lipinski definition) is 5. The summed E-state index contributed by atoms with van der Waals surface area (Å²) in [5.41, 5.74) is -0.776. The van der Waals surface area contributed by atoms with Gasteiger partial charge in [-0.15, -0.1) is 6.58 Å². The summed E-state index contributed by atoms with van der Waals surface area (Å²) in [6.07, 6.45) is 5.99. The molecular weight excluding hydrogens is 554 g/mol. The first-order chi connectivity index (χ1) is 20.1. The average molecular weight is 606 g/mol. The first-order valence-corrected chi connectivity index (χ1v) is 15.5. The first kappa shape index (κ1) is 35.8. The third-order valence-electron chi connectivity index (χ3n) is 8.51. The molecular formula is C31H51N5O7. The smallest absolute Gasteiger partial charge is 0.326 e. The van der Waals surface area contributed by atoms with Gasteiger partial charge in [-0.1, -0.05) is 66.9 Å². The first-order valence-electron chi connectivity index (χ1n) is 15.5. The molecule has 2 rings (SSSR count). The van der Waals surface area contributed by atoms with Gasteiger partial charge in [0, 0.05) is 13.1 Å². The summed E-state index contributed by atoms with van der Waals surface area (Å²) in [5.74, 6) is -4.08. The van der Waals surface area contributed by atoms with Crippen LogP contribution >= 0.6 is 0 Å². The van der Waals surface area contributed by atoms with Crippen molar-refractivity contribution < 1.29 is 33.9 Å². The number of likely N-dealkylation sites (tertiary alicyclic amines) is 1. The van der Waals surface area contributed by atoms with Crippen molar-refractivity contribution in [3.05, 3.63) is 12.7 Å². The minimum absolute atomic E-state index is 0.0249. The van der Waals surface area contributed by atoms with E-state index in [2.05, 4.69) is 27.8 Å². The number of ketones is 1. The van der Waals surface area contributed by atoms with Gasteiger partial charge in [0.15, 0.2) is 0 Å². The Morgan fingerprint density at radius 1 is 1.00 bits per heavy atom. The molecule has 0 bridgehead atoms. The summed E-state index contributed by atoms with van der Waals surface area (Å²) in [7, 11) is 0. The van der Waals surface area contributed by atoms with Crippen LogP contribution in [0.2, 0.25) is 0 Å². The van der Waals surface area contributed by atoms with Crippen LogP contribution in [0.5, 0.6) is 0 Å². The molecule has 12 heteroatoms. The number of Topliss-reactive ketones (excluding diaryl/α,β-unsaturated/α-hetero) is 1. The highest BCUT2D eigenvalue weighted by Crippen LogP contribution is 2.34. The van der Waals surface area contributed by atoms with E-state index >= 15 is 0 Å². The molecule has 1 saturated carbocycles. The van der Waals surface area contributed by atoms with Gasteiger partial charge < -0.3 is 31.3 Å². The minimum atomic E-state index is -1.12. The highest BCUT2D eigenvalue weighted by molar-refractivity contribution is 6.38. The molecule has 1 aliphatic carbocycles. The third kappa shape index (κ3) is 9.53. The zero-order chi connectivity index (χ0) is 32.5. The molecule has 1 aliphatic heterocycles. The third-order valence-corrected chi connectivity index (χ3v) is 8.51. The Labute approximate surface area is 255 Å². The maximum atomic E-state index is 14.1. The molecule has 242 valence electrons. The number of urea groups is 1. The lowest BCUT2D eigenvalue weighted by Crippen LogP contribution is -2.62. The van der Waals surface area contributed by atoms with Crippen molar-refractivity contribution in [2.75, 3.05) is 13.1 Å². The van der Waals surface area contributed by atoms with Crippen LogP contribution in [0.3, 0.4) is 0 Å². The second-order valence-electron chi connectivity index (χ2n) is 13.2. The second kappa shape index (κ2) is 15.9. The van der Waals surface area contributed by atoms with E-state index in [-0.39, 0.29) is 37.3 Å². The van der Waals surface area contributed by atoms with Crippen molar-refractivity contribution in [2.45, 2.75) is 111 Å². The van der Waals surface area contributed by atoms with Gasteiger partial charge in [-0.25, -0.2) is 9.59 Å². The standard InChI is InChI=1S/C31H51N5O7/c1-8-12-21(24(37)27(39)32-16-9-2)33-26(38)23-20(18(3)4)15-17-36(23)28(40)25(31(5,6)7)35-30(43)34-22(29(41)42)19-13-10-11-14-19/h9,18-23,25H,2,8,10-17H2,1,3-7H3,(H,32,39)(H,33,38)(H,41,42)(H2,34,35,43)/t20-,21?,22+,23+,25-/m1/s1. The van der Waals surface area contributed by atoms with E-state index in [9.17, 15) is 33.9 Å². The summed E-state index contributed by atoms with van der Waals surface area (Å²) in [4.78, 5) is 79.6. The molecule has 0 aromatic rings. The van der Waals surface area contributed by atoms with Crippen molar-refractivity contribution in [1.29, 1.82) is 0 Å². The van der Waals surface area contributed by atoms with Crippen LogP contribution in [0.4, 0.5) is 4.79 Å². The molecule has 5 amide bonds.